The van der Waals surface area contributed by atoms with E-state index in [9.17, 15) is 4.79 Å². The van der Waals surface area contributed by atoms with E-state index in [0.29, 0.717) is 13.2 Å². The Kier molecular flexibility index (Phi) is 8.09. The predicted octanol–water partition coefficient (Wildman–Crippen LogP) is 5.93. The first-order valence-corrected chi connectivity index (χ1v) is 12.4. The van der Waals surface area contributed by atoms with Gasteiger partial charge in [-0.25, -0.2) is 4.79 Å². The summed E-state index contributed by atoms with van der Waals surface area (Å²) in [7, 11) is 0. The summed E-state index contributed by atoms with van der Waals surface area (Å²) in [4.78, 5) is 17.4. The number of carbonyl (C=O) groups is 1. The van der Waals surface area contributed by atoms with Crippen LogP contribution in [0.3, 0.4) is 0 Å². The highest BCUT2D eigenvalue weighted by Crippen LogP contribution is 2.22. The first-order chi connectivity index (χ1) is 16.9. The lowest BCUT2D eigenvalue weighted by Crippen LogP contribution is -2.56. The molecule has 0 aromatic heterocycles. The van der Waals surface area contributed by atoms with E-state index in [2.05, 4.69) is 53.4 Å². The van der Waals surface area contributed by atoms with Gasteiger partial charge in [-0.3, -0.25) is 4.90 Å². The van der Waals surface area contributed by atoms with Crippen molar-refractivity contribution in [2.75, 3.05) is 19.6 Å². The Labute approximate surface area is 209 Å². The standard InChI is InChI=1S/C30H36N2O3/c1-30(2,3)35-29(33)32-19-18-31(21-25-10-6-4-7-11-25)22-27(32)20-24-14-16-28(17-15-24)34-23-26-12-8-5-9-13-26/h4-17,27H,18-23H2,1-3H3/t27-/m0/s1. The Bertz CT molecular complexity index is 1060. The van der Waals surface area contributed by atoms with Gasteiger partial charge in [0.05, 0.1) is 6.04 Å². The van der Waals surface area contributed by atoms with Crippen molar-refractivity contribution in [1.82, 2.24) is 9.80 Å². The van der Waals surface area contributed by atoms with Crippen molar-refractivity contribution in [3.63, 3.8) is 0 Å². The number of hydrogen-bond acceptors (Lipinski definition) is 4. The van der Waals surface area contributed by atoms with Gasteiger partial charge in [0.15, 0.2) is 0 Å². The third-order valence-electron chi connectivity index (χ3n) is 6.09. The molecule has 0 spiro atoms. The fraction of sp³-hybridized carbons (Fsp3) is 0.367. The summed E-state index contributed by atoms with van der Waals surface area (Å²) in [6.07, 6.45) is 0.536. The van der Waals surface area contributed by atoms with E-state index in [-0.39, 0.29) is 12.1 Å². The van der Waals surface area contributed by atoms with Gasteiger partial charge in [-0.15, -0.1) is 0 Å². The van der Waals surface area contributed by atoms with E-state index < -0.39 is 5.60 Å². The maximum Gasteiger partial charge on any atom is 0.410 e. The van der Waals surface area contributed by atoms with Crippen LogP contribution in [0.4, 0.5) is 4.79 Å². The zero-order valence-electron chi connectivity index (χ0n) is 21.0. The molecule has 0 bridgehead atoms. The van der Waals surface area contributed by atoms with Crippen LogP contribution in [0.2, 0.25) is 0 Å². The molecule has 1 fully saturated rings. The van der Waals surface area contributed by atoms with Crippen molar-refractivity contribution in [2.45, 2.75) is 52.0 Å². The molecule has 0 saturated carbocycles. The van der Waals surface area contributed by atoms with E-state index in [1.165, 1.54) is 11.1 Å². The largest absolute Gasteiger partial charge is 0.489 e. The molecule has 0 aliphatic carbocycles. The highest BCUT2D eigenvalue weighted by Gasteiger charge is 2.33. The molecule has 0 N–H and O–H groups in total. The molecule has 1 aliphatic heterocycles. The summed E-state index contributed by atoms with van der Waals surface area (Å²) in [6, 6.07) is 28.9. The lowest BCUT2D eigenvalue weighted by molar-refractivity contribution is -0.00233. The Morgan fingerprint density at radius 2 is 1.46 bits per heavy atom. The van der Waals surface area contributed by atoms with Crippen LogP contribution < -0.4 is 4.74 Å². The number of rotatable bonds is 7. The minimum atomic E-state index is -0.513. The highest BCUT2D eigenvalue weighted by atomic mass is 16.6. The second-order valence-electron chi connectivity index (χ2n) is 10.2. The Hall–Kier alpha value is -3.31. The topological polar surface area (TPSA) is 42.0 Å². The third-order valence-corrected chi connectivity index (χ3v) is 6.09. The van der Waals surface area contributed by atoms with Crippen molar-refractivity contribution in [1.29, 1.82) is 0 Å². The molecule has 5 heteroatoms. The number of carbonyl (C=O) groups excluding carboxylic acids is 1. The van der Waals surface area contributed by atoms with Gasteiger partial charge in [0.25, 0.3) is 0 Å². The van der Waals surface area contributed by atoms with Gasteiger partial charge in [0.1, 0.15) is 18.0 Å². The lowest BCUT2D eigenvalue weighted by atomic mass is 10.0. The van der Waals surface area contributed by atoms with Crippen molar-refractivity contribution < 1.29 is 14.3 Å². The van der Waals surface area contributed by atoms with Crippen LogP contribution >= 0.6 is 0 Å². The molecule has 1 atom stereocenters. The molecule has 3 aromatic carbocycles. The molecule has 1 heterocycles. The number of benzene rings is 3. The molecule has 4 rings (SSSR count). The van der Waals surface area contributed by atoms with Gasteiger partial charge < -0.3 is 14.4 Å². The first-order valence-electron chi connectivity index (χ1n) is 12.4. The SMILES string of the molecule is CC(C)(C)OC(=O)N1CCN(Cc2ccccc2)C[C@@H]1Cc1ccc(OCc2ccccc2)cc1. The summed E-state index contributed by atoms with van der Waals surface area (Å²) in [6.45, 7) is 9.47. The van der Waals surface area contributed by atoms with Gasteiger partial charge in [-0.05, 0) is 56.0 Å². The second kappa shape index (κ2) is 11.4. The average Bonchev–Trinajstić information content (AvgIpc) is 2.84. The Balaban J connectivity index is 1.42. The van der Waals surface area contributed by atoms with Crippen LogP contribution in [-0.4, -0.2) is 47.2 Å². The normalized spacial score (nSPS) is 16.7. The molecular weight excluding hydrogens is 436 g/mol. The van der Waals surface area contributed by atoms with E-state index in [4.69, 9.17) is 9.47 Å². The molecule has 3 aromatic rings. The minimum absolute atomic E-state index is 0.0402. The molecule has 0 unspecified atom stereocenters. The molecule has 184 valence electrons. The van der Waals surface area contributed by atoms with Gasteiger partial charge >= 0.3 is 6.09 Å². The summed E-state index contributed by atoms with van der Waals surface area (Å²) >= 11 is 0. The quantitative estimate of drug-likeness (QED) is 0.427. The van der Waals surface area contributed by atoms with Crippen LogP contribution in [-0.2, 0) is 24.3 Å². The van der Waals surface area contributed by atoms with Crippen LogP contribution in [0.1, 0.15) is 37.5 Å². The van der Waals surface area contributed by atoms with Crippen molar-refractivity contribution >= 4 is 6.09 Å². The molecule has 1 amide bonds. The van der Waals surface area contributed by atoms with Crippen LogP contribution in [0, 0.1) is 0 Å². The van der Waals surface area contributed by atoms with Gasteiger partial charge in [0, 0.05) is 26.2 Å². The van der Waals surface area contributed by atoms with Gasteiger partial charge in [-0.2, -0.15) is 0 Å². The van der Waals surface area contributed by atoms with Crippen LogP contribution in [0.15, 0.2) is 84.9 Å². The average molecular weight is 473 g/mol. The maximum absolute atomic E-state index is 13.0. The Morgan fingerprint density at radius 3 is 2.09 bits per heavy atom. The summed E-state index contributed by atoms with van der Waals surface area (Å²) in [5, 5.41) is 0. The smallest absolute Gasteiger partial charge is 0.410 e. The molecule has 5 nitrogen and oxygen atoms in total. The maximum atomic E-state index is 13.0. The van der Waals surface area contributed by atoms with E-state index in [1.807, 2.05) is 62.1 Å². The van der Waals surface area contributed by atoms with E-state index in [1.54, 1.807) is 0 Å². The van der Waals surface area contributed by atoms with Gasteiger partial charge in [-0.1, -0.05) is 72.8 Å². The first kappa shape index (κ1) is 24.8. The summed E-state index contributed by atoms with van der Waals surface area (Å²) < 4.78 is 11.7. The lowest BCUT2D eigenvalue weighted by Gasteiger charge is -2.42. The number of ether oxygens (including phenoxy) is 2. The molecular formula is C30H36N2O3. The van der Waals surface area contributed by atoms with E-state index >= 15 is 0 Å². The number of hydrogen-bond donors (Lipinski definition) is 0. The molecule has 1 aliphatic rings. The van der Waals surface area contributed by atoms with Crippen LogP contribution in [0.5, 0.6) is 5.75 Å². The predicted molar refractivity (Wildman–Crippen MR) is 139 cm³/mol. The minimum Gasteiger partial charge on any atom is -0.489 e. The zero-order valence-corrected chi connectivity index (χ0v) is 21.0. The number of nitrogens with zero attached hydrogens (tertiary/aromatic N) is 2. The fourth-order valence-corrected chi connectivity index (χ4v) is 4.38. The molecule has 0 radical (unpaired) electrons. The van der Waals surface area contributed by atoms with Crippen molar-refractivity contribution in [3.05, 3.63) is 102 Å². The van der Waals surface area contributed by atoms with E-state index in [0.717, 1.165) is 37.4 Å². The summed E-state index contributed by atoms with van der Waals surface area (Å²) in [5.74, 6) is 0.843. The van der Waals surface area contributed by atoms with Crippen molar-refractivity contribution in [3.8, 4) is 5.75 Å². The Morgan fingerprint density at radius 1 is 0.829 bits per heavy atom. The highest BCUT2D eigenvalue weighted by molar-refractivity contribution is 5.69. The molecule has 1 saturated heterocycles. The number of amides is 1. The fourth-order valence-electron chi connectivity index (χ4n) is 4.38. The van der Waals surface area contributed by atoms with Crippen LogP contribution in [0.25, 0.3) is 0 Å². The molecule has 35 heavy (non-hydrogen) atoms. The second-order valence-corrected chi connectivity index (χ2v) is 10.2. The van der Waals surface area contributed by atoms with Gasteiger partial charge in [0.2, 0.25) is 0 Å². The monoisotopic (exact) mass is 472 g/mol. The summed E-state index contributed by atoms with van der Waals surface area (Å²) in [5.41, 5.74) is 3.10. The zero-order chi connectivity index (χ0) is 24.7. The number of piperazine rings is 1. The third kappa shape index (κ3) is 7.59. The van der Waals surface area contributed by atoms with Crippen molar-refractivity contribution in [2.24, 2.45) is 0 Å².